The Kier molecular flexibility index (Phi) is 3.87. The molecule has 2 heterocycles. The summed E-state index contributed by atoms with van der Waals surface area (Å²) >= 11 is 0. The van der Waals surface area contributed by atoms with Crippen molar-refractivity contribution in [3.05, 3.63) is 42.2 Å². The molecule has 4 rings (SSSR count). The van der Waals surface area contributed by atoms with E-state index in [4.69, 9.17) is 9.47 Å². The van der Waals surface area contributed by atoms with Gasteiger partial charge in [0, 0.05) is 23.7 Å². The van der Waals surface area contributed by atoms with Crippen molar-refractivity contribution < 1.29 is 14.3 Å². The van der Waals surface area contributed by atoms with Crippen LogP contribution in [0.25, 0.3) is 16.9 Å². The highest BCUT2D eigenvalue weighted by molar-refractivity contribution is 5.97. The van der Waals surface area contributed by atoms with Crippen molar-refractivity contribution in [3.8, 4) is 22.8 Å². The highest BCUT2D eigenvalue weighted by atomic mass is 16.5. The Hall–Kier alpha value is -2.89. The fourth-order valence-corrected chi connectivity index (χ4v) is 3.11. The van der Waals surface area contributed by atoms with E-state index in [0.29, 0.717) is 22.8 Å². The van der Waals surface area contributed by atoms with Gasteiger partial charge >= 0.3 is 0 Å². The van der Waals surface area contributed by atoms with Crippen molar-refractivity contribution in [1.29, 1.82) is 0 Å². The van der Waals surface area contributed by atoms with Crippen LogP contribution in [0, 0.1) is 5.92 Å². The lowest BCUT2D eigenvalue weighted by Gasteiger charge is -2.22. The van der Waals surface area contributed by atoms with E-state index in [9.17, 15) is 4.79 Å². The number of Topliss-reactive ketones (excluding diaryl/α,β-unsaturated/α-hetero) is 1. The maximum absolute atomic E-state index is 12.5. The average molecular weight is 337 g/mol. The number of fused-ring (bicyclic) bond motifs is 1. The van der Waals surface area contributed by atoms with Crippen LogP contribution in [-0.4, -0.2) is 34.6 Å². The zero-order valence-electron chi connectivity index (χ0n) is 14.2. The van der Waals surface area contributed by atoms with Crippen molar-refractivity contribution >= 4 is 11.4 Å². The average Bonchev–Trinajstić information content (AvgIpc) is 3.03. The first-order valence-electron chi connectivity index (χ1n) is 8.32. The maximum atomic E-state index is 12.5. The highest BCUT2D eigenvalue weighted by Gasteiger charge is 2.28. The molecule has 0 radical (unpaired) electrons. The van der Waals surface area contributed by atoms with Crippen LogP contribution in [0.15, 0.2) is 36.5 Å². The molecule has 1 aromatic carbocycles. The van der Waals surface area contributed by atoms with E-state index in [1.807, 2.05) is 24.3 Å². The number of ether oxygens (including phenoxy) is 2. The lowest BCUT2D eigenvalue weighted by atomic mass is 9.81. The predicted octanol–water partition coefficient (Wildman–Crippen LogP) is 3.40. The summed E-state index contributed by atoms with van der Waals surface area (Å²) in [4.78, 5) is 16.8. The van der Waals surface area contributed by atoms with Gasteiger partial charge in [0.05, 0.1) is 19.9 Å². The monoisotopic (exact) mass is 337 g/mol. The van der Waals surface area contributed by atoms with Gasteiger partial charge in [-0.3, -0.25) is 4.79 Å². The standard InChI is InChI=1S/C19H19N3O3/c1-24-16-7-6-13(10-17(16)25-2)15-8-9-20-18-11-14(21-22(15)18)19(23)12-4-3-5-12/h6-12H,3-5H2,1-2H3. The Morgan fingerprint density at radius 3 is 2.60 bits per heavy atom. The zero-order valence-corrected chi connectivity index (χ0v) is 14.2. The number of rotatable bonds is 5. The number of aromatic nitrogens is 3. The van der Waals surface area contributed by atoms with E-state index in [1.165, 1.54) is 0 Å². The molecule has 1 aliphatic rings. The van der Waals surface area contributed by atoms with Crippen LogP contribution in [0.4, 0.5) is 0 Å². The molecule has 0 N–H and O–H groups in total. The summed E-state index contributed by atoms with van der Waals surface area (Å²) in [5, 5.41) is 4.52. The van der Waals surface area contributed by atoms with Crippen molar-refractivity contribution in [1.82, 2.24) is 14.6 Å². The largest absolute Gasteiger partial charge is 0.493 e. The van der Waals surface area contributed by atoms with Gasteiger partial charge in [0.15, 0.2) is 22.9 Å². The van der Waals surface area contributed by atoms with Crippen molar-refractivity contribution in [2.24, 2.45) is 5.92 Å². The molecule has 25 heavy (non-hydrogen) atoms. The van der Waals surface area contributed by atoms with E-state index in [1.54, 1.807) is 31.0 Å². The van der Waals surface area contributed by atoms with E-state index in [2.05, 4.69) is 10.1 Å². The second-order valence-corrected chi connectivity index (χ2v) is 6.19. The third-order valence-electron chi connectivity index (χ3n) is 4.77. The number of benzene rings is 1. The van der Waals surface area contributed by atoms with Crippen LogP contribution in [-0.2, 0) is 0 Å². The van der Waals surface area contributed by atoms with Gasteiger partial charge in [0.1, 0.15) is 5.69 Å². The second kappa shape index (κ2) is 6.20. The lowest BCUT2D eigenvalue weighted by Crippen LogP contribution is -2.22. The van der Waals surface area contributed by atoms with Crippen LogP contribution in [0.3, 0.4) is 0 Å². The second-order valence-electron chi connectivity index (χ2n) is 6.19. The summed E-state index contributed by atoms with van der Waals surface area (Å²) in [5.41, 5.74) is 2.91. The summed E-state index contributed by atoms with van der Waals surface area (Å²) in [5.74, 6) is 1.55. The maximum Gasteiger partial charge on any atom is 0.186 e. The molecule has 0 bridgehead atoms. The molecule has 6 nitrogen and oxygen atoms in total. The van der Waals surface area contributed by atoms with Gasteiger partial charge in [-0.15, -0.1) is 0 Å². The Morgan fingerprint density at radius 2 is 1.92 bits per heavy atom. The molecule has 128 valence electrons. The first-order chi connectivity index (χ1) is 12.2. The van der Waals surface area contributed by atoms with Crippen LogP contribution in [0.1, 0.15) is 29.8 Å². The summed E-state index contributed by atoms with van der Waals surface area (Å²) in [6.07, 6.45) is 4.77. The molecular formula is C19H19N3O3. The molecule has 1 saturated carbocycles. The third kappa shape index (κ3) is 2.63. The van der Waals surface area contributed by atoms with Crippen molar-refractivity contribution in [2.45, 2.75) is 19.3 Å². The van der Waals surface area contributed by atoms with Crippen molar-refractivity contribution in [2.75, 3.05) is 14.2 Å². The molecule has 0 saturated heterocycles. The van der Waals surface area contributed by atoms with Crippen LogP contribution in [0.2, 0.25) is 0 Å². The van der Waals surface area contributed by atoms with Crippen LogP contribution in [0.5, 0.6) is 11.5 Å². The number of carbonyl (C=O) groups excluding carboxylic acids is 1. The quantitative estimate of drug-likeness (QED) is 0.668. The molecule has 0 spiro atoms. The lowest BCUT2D eigenvalue weighted by molar-refractivity contribution is 0.0849. The van der Waals surface area contributed by atoms with E-state index in [-0.39, 0.29) is 11.7 Å². The number of hydrogen-bond donors (Lipinski definition) is 0. The molecule has 1 fully saturated rings. The van der Waals surface area contributed by atoms with Gasteiger partial charge in [-0.05, 0) is 37.1 Å². The SMILES string of the molecule is COc1ccc(-c2ccnc3cc(C(=O)C4CCC4)nn23)cc1OC. The summed E-state index contributed by atoms with van der Waals surface area (Å²) < 4.78 is 12.4. The normalized spacial score (nSPS) is 14.3. The highest BCUT2D eigenvalue weighted by Crippen LogP contribution is 2.33. The van der Waals surface area contributed by atoms with E-state index < -0.39 is 0 Å². The number of carbonyl (C=O) groups is 1. The number of nitrogens with zero attached hydrogens (tertiary/aromatic N) is 3. The summed E-state index contributed by atoms with van der Waals surface area (Å²) in [6, 6.07) is 9.32. The zero-order chi connectivity index (χ0) is 17.4. The predicted molar refractivity (Wildman–Crippen MR) is 93.2 cm³/mol. The van der Waals surface area contributed by atoms with Crippen LogP contribution >= 0.6 is 0 Å². The minimum absolute atomic E-state index is 0.120. The van der Waals surface area contributed by atoms with Gasteiger partial charge in [-0.2, -0.15) is 5.10 Å². The number of ketones is 1. The minimum Gasteiger partial charge on any atom is -0.493 e. The van der Waals surface area contributed by atoms with E-state index in [0.717, 1.165) is 30.5 Å². The molecule has 0 atom stereocenters. The number of hydrogen-bond acceptors (Lipinski definition) is 5. The van der Waals surface area contributed by atoms with Gasteiger partial charge in [-0.25, -0.2) is 9.50 Å². The molecule has 0 unspecified atom stereocenters. The molecule has 3 aromatic rings. The Balaban J connectivity index is 1.79. The Bertz CT molecular complexity index is 944. The van der Waals surface area contributed by atoms with Gasteiger partial charge in [0.25, 0.3) is 0 Å². The molecule has 1 aliphatic carbocycles. The third-order valence-corrected chi connectivity index (χ3v) is 4.77. The topological polar surface area (TPSA) is 65.7 Å². The Labute approximate surface area is 145 Å². The smallest absolute Gasteiger partial charge is 0.186 e. The fourth-order valence-electron chi connectivity index (χ4n) is 3.11. The van der Waals surface area contributed by atoms with Gasteiger partial charge < -0.3 is 9.47 Å². The van der Waals surface area contributed by atoms with Gasteiger partial charge in [-0.1, -0.05) is 6.42 Å². The summed E-state index contributed by atoms with van der Waals surface area (Å²) in [7, 11) is 3.21. The molecule has 6 heteroatoms. The van der Waals surface area contributed by atoms with Crippen molar-refractivity contribution in [3.63, 3.8) is 0 Å². The van der Waals surface area contributed by atoms with Gasteiger partial charge in [0.2, 0.25) is 0 Å². The number of methoxy groups -OCH3 is 2. The van der Waals surface area contributed by atoms with Crippen LogP contribution < -0.4 is 9.47 Å². The Morgan fingerprint density at radius 1 is 1.12 bits per heavy atom. The first kappa shape index (κ1) is 15.6. The van der Waals surface area contributed by atoms with E-state index >= 15 is 0 Å². The minimum atomic E-state index is 0.120. The molecule has 0 amide bonds. The fraction of sp³-hybridized carbons (Fsp3) is 0.316. The molecule has 2 aromatic heterocycles. The first-order valence-corrected chi connectivity index (χ1v) is 8.32. The summed E-state index contributed by atoms with van der Waals surface area (Å²) in [6.45, 7) is 0. The molecular weight excluding hydrogens is 318 g/mol. The molecule has 0 aliphatic heterocycles.